The zero-order chi connectivity index (χ0) is 20.3. The summed E-state index contributed by atoms with van der Waals surface area (Å²) in [6.07, 6.45) is 11.7. The lowest BCUT2D eigenvalue weighted by Gasteiger charge is -2.05. The molecule has 0 fully saturated rings. The molecule has 1 heterocycles. The Morgan fingerprint density at radius 1 is 0.929 bits per heavy atom. The molecule has 0 bridgehead atoms. The van der Waals surface area contributed by atoms with Crippen LogP contribution in [0.3, 0.4) is 0 Å². The lowest BCUT2D eigenvalue weighted by molar-refractivity contribution is -0.145. The maximum atomic E-state index is 11.8. The van der Waals surface area contributed by atoms with E-state index in [1.807, 2.05) is 12.1 Å². The van der Waals surface area contributed by atoms with E-state index in [9.17, 15) is 4.79 Å². The molecule has 162 valence electrons. The van der Waals surface area contributed by atoms with Crippen LogP contribution in [0.5, 0.6) is 0 Å². The Morgan fingerprint density at radius 2 is 1.57 bits per heavy atom. The number of hydrogen-bond donors (Lipinski definition) is 3. The van der Waals surface area contributed by atoms with Crippen LogP contribution in [0.15, 0.2) is 16.5 Å². The second-order valence-corrected chi connectivity index (χ2v) is 7.26. The molecule has 1 rings (SSSR count). The van der Waals surface area contributed by atoms with Gasteiger partial charge in [-0.15, -0.1) is 0 Å². The molecule has 6 nitrogen and oxygen atoms in total. The molecule has 0 atom stereocenters. The van der Waals surface area contributed by atoms with Gasteiger partial charge in [-0.3, -0.25) is 4.79 Å². The van der Waals surface area contributed by atoms with Gasteiger partial charge in [0.2, 0.25) is 0 Å². The number of ether oxygens (including phenoxy) is 1. The molecule has 0 aromatic carbocycles. The van der Waals surface area contributed by atoms with Gasteiger partial charge < -0.3 is 24.9 Å². The average Bonchev–Trinajstić information content (AvgIpc) is 3.15. The molecule has 0 saturated heterocycles. The van der Waals surface area contributed by atoms with Gasteiger partial charge in [0.15, 0.2) is 0 Å². The standard InChI is InChI=1S/C22H40N2O4/c1-2-3-4-5-6-7-8-9-10-11-22(26)27-19-21-13-12-20(28-21)18-24-15-14-23-16-17-25/h12-13,23-25H,2-11,14-19H2,1H3. The number of aliphatic hydroxyl groups excluding tert-OH is 1. The van der Waals surface area contributed by atoms with E-state index in [0.29, 0.717) is 25.3 Å². The lowest BCUT2D eigenvalue weighted by atomic mass is 10.1. The van der Waals surface area contributed by atoms with E-state index in [4.69, 9.17) is 14.3 Å². The van der Waals surface area contributed by atoms with Crippen molar-refractivity contribution >= 4 is 5.97 Å². The largest absolute Gasteiger partial charge is 0.461 e. The number of rotatable bonds is 19. The summed E-state index contributed by atoms with van der Waals surface area (Å²) in [6, 6.07) is 3.75. The minimum absolute atomic E-state index is 0.144. The average molecular weight is 397 g/mol. The highest BCUT2D eigenvalue weighted by Crippen LogP contribution is 2.12. The number of carbonyl (C=O) groups is 1. The topological polar surface area (TPSA) is 83.7 Å². The first-order valence-corrected chi connectivity index (χ1v) is 11.0. The molecule has 0 spiro atoms. The fourth-order valence-electron chi connectivity index (χ4n) is 2.99. The van der Waals surface area contributed by atoms with Crippen molar-refractivity contribution in [3.05, 3.63) is 23.7 Å². The molecule has 1 aromatic rings. The maximum Gasteiger partial charge on any atom is 0.306 e. The number of hydrogen-bond acceptors (Lipinski definition) is 6. The van der Waals surface area contributed by atoms with Crippen LogP contribution in [0.2, 0.25) is 0 Å². The van der Waals surface area contributed by atoms with E-state index >= 15 is 0 Å². The Morgan fingerprint density at radius 3 is 2.29 bits per heavy atom. The van der Waals surface area contributed by atoms with Crippen LogP contribution in [0.4, 0.5) is 0 Å². The maximum absolute atomic E-state index is 11.8. The molecule has 0 amide bonds. The third kappa shape index (κ3) is 13.7. The molecule has 1 aromatic heterocycles. The monoisotopic (exact) mass is 396 g/mol. The lowest BCUT2D eigenvalue weighted by Crippen LogP contribution is -2.28. The Hall–Kier alpha value is -1.37. The van der Waals surface area contributed by atoms with Crippen molar-refractivity contribution in [2.24, 2.45) is 0 Å². The molecule has 6 heteroatoms. The van der Waals surface area contributed by atoms with Crippen molar-refractivity contribution in [1.29, 1.82) is 0 Å². The summed E-state index contributed by atoms with van der Waals surface area (Å²) in [6.45, 7) is 5.43. The Kier molecular flexibility index (Phi) is 15.6. The highest BCUT2D eigenvalue weighted by Gasteiger charge is 2.07. The number of aliphatic hydroxyl groups is 1. The van der Waals surface area contributed by atoms with Crippen molar-refractivity contribution in [2.45, 2.75) is 84.3 Å². The van der Waals surface area contributed by atoms with E-state index in [1.165, 1.54) is 44.9 Å². The molecule has 0 aliphatic rings. The molecular formula is C22H40N2O4. The predicted octanol–water partition coefficient (Wildman–Crippen LogP) is 3.92. The number of nitrogens with one attached hydrogen (secondary N) is 2. The van der Waals surface area contributed by atoms with Gasteiger partial charge in [-0.05, 0) is 18.6 Å². The van der Waals surface area contributed by atoms with Crippen LogP contribution in [0.1, 0.15) is 82.7 Å². The first-order valence-electron chi connectivity index (χ1n) is 11.0. The third-order valence-corrected chi connectivity index (χ3v) is 4.64. The second kappa shape index (κ2) is 17.7. The molecule has 28 heavy (non-hydrogen) atoms. The Bertz CT molecular complexity index is 491. The highest BCUT2D eigenvalue weighted by atomic mass is 16.5. The van der Waals surface area contributed by atoms with Gasteiger partial charge in [-0.1, -0.05) is 58.3 Å². The Labute approximate surface area is 170 Å². The zero-order valence-corrected chi connectivity index (χ0v) is 17.6. The highest BCUT2D eigenvalue weighted by molar-refractivity contribution is 5.69. The van der Waals surface area contributed by atoms with Crippen LogP contribution in [0.25, 0.3) is 0 Å². The molecule has 0 aliphatic heterocycles. The van der Waals surface area contributed by atoms with E-state index in [-0.39, 0.29) is 19.2 Å². The summed E-state index contributed by atoms with van der Waals surface area (Å²) in [5.41, 5.74) is 0. The van der Waals surface area contributed by atoms with Crippen molar-refractivity contribution in [3.8, 4) is 0 Å². The van der Waals surface area contributed by atoms with Crippen molar-refractivity contribution in [3.63, 3.8) is 0 Å². The van der Waals surface area contributed by atoms with E-state index in [2.05, 4.69) is 17.6 Å². The fraction of sp³-hybridized carbons (Fsp3) is 0.773. The van der Waals surface area contributed by atoms with Crippen LogP contribution in [-0.2, 0) is 22.7 Å². The smallest absolute Gasteiger partial charge is 0.306 e. The number of unbranched alkanes of at least 4 members (excludes halogenated alkanes) is 8. The summed E-state index contributed by atoms with van der Waals surface area (Å²) >= 11 is 0. The quantitative estimate of drug-likeness (QED) is 0.243. The number of furan rings is 1. The van der Waals surface area contributed by atoms with Crippen LogP contribution in [0, 0.1) is 0 Å². The molecule has 0 radical (unpaired) electrons. The number of carbonyl (C=O) groups excluding carboxylic acids is 1. The SMILES string of the molecule is CCCCCCCCCCCC(=O)OCc1ccc(CNCCNCCO)o1. The van der Waals surface area contributed by atoms with Crippen LogP contribution < -0.4 is 10.6 Å². The zero-order valence-electron chi connectivity index (χ0n) is 17.6. The van der Waals surface area contributed by atoms with Gasteiger partial charge in [0.1, 0.15) is 18.1 Å². The molecular weight excluding hydrogens is 356 g/mol. The first kappa shape index (κ1) is 24.7. The summed E-state index contributed by atoms with van der Waals surface area (Å²) in [4.78, 5) is 11.8. The van der Waals surface area contributed by atoms with Gasteiger partial charge in [0.05, 0.1) is 13.2 Å². The van der Waals surface area contributed by atoms with Crippen LogP contribution >= 0.6 is 0 Å². The fourth-order valence-corrected chi connectivity index (χ4v) is 2.99. The van der Waals surface area contributed by atoms with Crippen molar-refractivity contribution < 1.29 is 19.1 Å². The summed E-state index contributed by atoms with van der Waals surface area (Å²) in [5, 5.41) is 15.0. The predicted molar refractivity (Wildman–Crippen MR) is 112 cm³/mol. The Balaban J connectivity index is 1.98. The van der Waals surface area contributed by atoms with Crippen LogP contribution in [-0.4, -0.2) is 37.3 Å². The van der Waals surface area contributed by atoms with Crippen molar-refractivity contribution in [1.82, 2.24) is 10.6 Å². The van der Waals surface area contributed by atoms with E-state index < -0.39 is 0 Å². The molecule has 3 N–H and O–H groups in total. The third-order valence-electron chi connectivity index (χ3n) is 4.64. The summed E-state index contributed by atoms with van der Waals surface area (Å²) in [7, 11) is 0. The molecule has 0 saturated carbocycles. The van der Waals surface area contributed by atoms with Gasteiger partial charge in [0, 0.05) is 26.1 Å². The van der Waals surface area contributed by atoms with Gasteiger partial charge in [-0.2, -0.15) is 0 Å². The first-order chi connectivity index (χ1) is 13.8. The molecule has 0 aliphatic carbocycles. The minimum Gasteiger partial charge on any atom is -0.461 e. The van der Waals surface area contributed by atoms with Gasteiger partial charge in [-0.25, -0.2) is 0 Å². The van der Waals surface area contributed by atoms with Gasteiger partial charge in [0.25, 0.3) is 0 Å². The summed E-state index contributed by atoms with van der Waals surface area (Å²) < 4.78 is 11.0. The van der Waals surface area contributed by atoms with Gasteiger partial charge >= 0.3 is 5.97 Å². The van der Waals surface area contributed by atoms with Crippen molar-refractivity contribution in [2.75, 3.05) is 26.2 Å². The minimum atomic E-state index is -0.144. The second-order valence-electron chi connectivity index (χ2n) is 7.26. The van der Waals surface area contributed by atoms with E-state index in [1.54, 1.807) is 0 Å². The van der Waals surface area contributed by atoms with E-state index in [0.717, 1.165) is 31.7 Å². The summed E-state index contributed by atoms with van der Waals surface area (Å²) in [5.74, 6) is 1.36. The molecule has 0 unspecified atom stereocenters. The normalized spacial score (nSPS) is 11.1. The number of esters is 1.